The van der Waals surface area contributed by atoms with Gasteiger partial charge in [0.05, 0.1) is 6.54 Å². The minimum absolute atomic E-state index is 0.175. The molecule has 0 aliphatic rings. The molecule has 0 radical (unpaired) electrons. The molecule has 0 saturated heterocycles. The summed E-state index contributed by atoms with van der Waals surface area (Å²) in [6.07, 6.45) is 0.898. The van der Waals surface area contributed by atoms with E-state index in [0.717, 1.165) is 6.42 Å². The number of urea groups is 1. The first-order valence-corrected chi connectivity index (χ1v) is 5.92. The average Bonchev–Trinajstić information content (AvgIpc) is 2.16. The number of nitrogens with two attached hydrogens (primary N) is 1. The van der Waals surface area contributed by atoms with Crippen LogP contribution in [0.2, 0.25) is 0 Å². The van der Waals surface area contributed by atoms with E-state index in [9.17, 15) is 9.59 Å². The molecule has 100 valence electrons. The van der Waals surface area contributed by atoms with Crippen LogP contribution in [-0.2, 0) is 4.79 Å². The van der Waals surface area contributed by atoms with Gasteiger partial charge in [-0.25, -0.2) is 4.79 Å². The maximum atomic E-state index is 11.4. The van der Waals surface area contributed by atoms with Crippen molar-refractivity contribution in [3.63, 3.8) is 0 Å². The summed E-state index contributed by atoms with van der Waals surface area (Å²) in [5.74, 6) is 0.213. The fourth-order valence-corrected chi connectivity index (χ4v) is 1.23. The van der Waals surface area contributed by atoms with Crippen LogP contribution in [-0.4, -0.2) is 50.1 Å². The van der Waals surface area contributed by atoms with Gasteiger partial charge in [-0.2, -0.15) is 0 Å². The molecule has 0 atom stereocenters. The van der Waals surface area contributed by atoms with Crippen molar-refractivity contribution in [2.75, 3.05) is 33.2 Å². The Kier molecular flexibility index (Phi) is 8.35. The van der Waals surface area contributed by atoms with Crippen molar-refractivity contribution in [2.24, 2.45) is 11.7 Å². The van der Waals surface area contributed by atoms with Crippen molar-refractivity contribution < 1.29 is 9.59 Å². The SMILES string of the molecule is CC(C)CCNC(=O)NC(=O)CN(C)CCN. The predicted molar refractivity (Wildman–Crippen MR) is 67.5 cm³/mol. The van der Waals surface area contributed by atoms with Crippen LogP contribution in [0.1, 0.15) is 20.3 Å². The molecule has 0 rings (SSSR count). The van der Waals surface area contributed by atoms with Crippen molar-refractivity contribution in [1.82, 2.24) is 15.5 Å². The van der Waals surface area contributed by atoms with Gasteiger partial charge < -0.3 is 11.1 Å². The van der Waals surface area contributed by atoms with Crippen molar-refractivity contribution in [2.45, 2.75) is 20.3 Å². The zero-order valence-electron chi connectivity index (χ0n) is 11.0. The van der Waals surface area contributed by atoms with Gasteiger partial charge in [0.15, 0.2) is 0 Å². The maximum Gasteiger partial charge on any atom is 0.321 e. The molecule has 0 bridgehead atoms. The van der Waals surface area contributed by atoms with Crippen LogP contribution in [0.15, 0.2) is 0 Å². The number of rotatable bonds is 7. The number of carbonyl (C=O) groups is 2. The van der Waals surface area contributed by atoms with Crippen molar-refractivity contribution in [3.8, 4) is 0 Å². The quantitative estimate of drug-likeness (QED) is 0.576. The number of hydrogen-bond acceptors (Lipinski definition) is 4. The van der Waals surface area contributed by atoms with Gasteiger partial charge in [0.2, 0.25) is 5.91 Å². The monoisotopic (exact) mass is 244 g/mol. The molecule has 0 aliphatic carbocycles. The lowest BCUT2D eigenvalue weighted by Crippen LogP contribution is -2.44. The normalized spacial score (nSPS) is 10.7. The van der Waals surface area contributed by atoms with Crippen LogP contribution < -0.4 is 16.4 Å². The van der Waals surface area contributed by atoms with Gasteiger partial charge in [0.1, 0.15) is 0 Å². The third kappa shape index (κ3) is 9.77. The largest absolute Gasteiger partial charge is 0.338 e. The second kappa shape index (κ2) is 8.95. The molecule has 6 nitrogen and oxygen atoms in total. The summed E-state index contributed by atoms with van der Waals surface area (Å²) in [4.78, 5) is 24.4. The number of hydrogen-bond donors (Lipinski definition) is 3. The minimum atomic E-state index is -0.434. The van der Waals surface area contributed by atoms with Gasteiger partial charge in [-0.3, -0.25) is 15.0 Å². The van der Waals surface area contributed by atoms with Crippen LogP contribution in [0.4, 0.5) is 4.79 Å². The lowest BCUT2D eigenvalue weighted by molar-refractivity contribution is -0.120. The highest BCUT2D eigenvalue weighted by molar-refractivity contribution is 5.95. The van der Waals surface area contributed by atoms with Crippen LogP contribution in [0.25, 0.3) is 0 Å². The Morgan fingerprint density at radius 3 is 2.53 bits per heavy atom. The van der Waals surface area contributed by atoms with E-state index in [-0.39, 0.29) is 12.5 Å². The lowest BCUT2D eigenvalue weighted by Gasteiger charge is -2.14. The molecule has 0 aromatic heterocycles. The zero-order chi connectivity index (χ0) is 13.3. The molecule has 0 fully saturated rings. The fraction of sp³-hybridized carbons (Fsp3) is 0.818. The molecule has 0 heterocycles. The van der Waals surface area contributed by atoms with Crippen molar-refractivity contribution >= 4 is 11.9 Å². The number of nitrogens with one attached hydrogen (secondary N) is 2. The molecule has 0 saturated carbocycles. The second-order valence-electron chi connectivity index (χ2n) is 4.51. The Balaban J connectivity index is 3.69. The summed E-state index contributed by atoms with van der Waals surface area (Å²) in [6.45, 7) is 6.02. The number of amides is 3. The summed E-state index contributed by atoms with van der Waals surface area (Å²) in [5, 5.41) is 4.91. The topological polar surface area (TPSA) is 87.5 Å². The Bertz CT molecular complexity index is 244. The van der Waals surface area contributed by atoms with E-state index in [2.05, 4.69) is 24.5 Å². The van der Waals surface area contributed by atoms with Crippen LogP contribution in [0.3, 0.4) is 0 Å². The molecule has 0 unspecified atom stereocenters. The molecular formula is C11H24N4O2. The molecular weight excluding hydrogens is 220 g/mol. The van der Waals surface area contributed by atoms with Gasteiger partial charge in [0.25, 0.3) is 0 Å². The van der Waals surface area contributed by atoms with Crippen LogP contribution >= 0.6 is 0 Å². The number of nitrogens with zero attached hydrogens (tertiary/aromatic N) is 1. The summed E-state index contributed by atoms with van der Waals surface area (Å²) >= 11 is 0. The van der Waals surface area contributed by atoms with E-state index in [1.807, 2.05) is 0 Å². The summed E-state index contributed by atoms with van der Waals surface area (Å²) in [6, 6.07) is -0.434. The third-order valence-corrected chi connectivity index (χ3v) is 2.18. The number of likely N-dealkylation sites (N-methyl/N-ethyl adjacent to an activating group) is 1. The Hall–Kier alpha value is -1.14. The van der Waals surface area contributed by atoms with E-state index in [1.54, 1.807) is 11.9 Å². The molecule has 3 amide bonds. The molecule has 0 aliphatic heterocycles. The Morgan fingerprint density at radius 1 is 1.35 bits per heavy atom. The number of carbonyl (C=O) groups excluding carboxylic acids is 2. The van der Waals surface area contributed by atoms with Gasteiger partial charge in [-0.1, -0.05) is 13.8 Å². The van der Waals surface area contributed by atoms with E-state index < -0.39 is 6.03 Å². The smallest absolute Gasteiger partial charge is 0.321 e. The van der Waals surface area contributed by atoms with Gasteiger partial charge in [-0.15, -0.1) is 0 Å². The molecule has 6 heteroatoms. The van der Waals surface area contributed by atoms with Crippen LogP contribution in [0, 0.1) is 5.92 Å². The van der Waals surface area contributed by atoms with E-state index in [4.69, 9.17) is 5.73 Å². The third-order valence-electron chi connectivity index (χ3n) is 2.18. The van der Waals surface area contributed by atoms with E-state index in [1.165, 1.54) is 0 Å². The standard InChI is InChI=1S/C11H24N4O2/c1-9(2)4-6-13-11(17)14-10(16)8-15(3)7-5-12/h9H,4-8,12H2,1-3H3,(H2,13,14,16,17). The summed E-state index contributed by atoms with van der Waals surface area (Å²) < 4.78 is 0. The fourth-order valence-electron chi connectivity index (χ4n) is 1.23. The van der Waals surface area contributed by atoms with Gasteiger partial charge >= 0.3 is 6.03 Å². The Morgan fingerprint density at radius 2 is 2.00 bits per heavy atom. The molecule has 4 N–H and O–H groups in total. The van der Waals surface area contributed by atoms with Crippen LogP contribution in [0.5, 0.6) is 0 Å². The van der Waals surface area contributed by atoms with E-state index >= 15 is 0 Å². The lowest BCUT2D eigenvalue weighted by atomic mass is 10.1. The molecule has 17 heavy (non-hydrogen) atoms. The maximum absolute atomic E-state index is 11.4. The Labute approximate surface area is 103 Å². The average molecular weight is 244 g/mol. The van der Waals surface area contributed by atoms with Crippen molar-refractivity contribution in [3.05, 3.63) is 0 Å². The molecule has 0 aromatic rings. The second-order valence-corrected chi connectivity index (χ2v) is 4.51. The van der Waals surface area contributed by atoms with Crippen molar-refractivity contribution in [1.29, 1.82) is 0 Å². The van der Waals surface area contributed by atoms with Gasteiger partial charge in [0, 0.05) is 19.6 Å². The molecule has 0 spiro atoms. The highest BCUT2D eigenvalue weighted by atomic mass is 16.2. The minimum Gasteiger partial charge on any atom is -0.338 e. The summed E-state index contributed by atoms with van der Waals surface area (Å²) in [7, 11) is 1.78. The zero-order valence-corrected chi connectivity index (χ0v) is 11.0. The molecule has 0 aromatic carbocycles. The van der Waals surface area contributed by atoms with E-state index in [0.29, 0.717) is 25.6 Å². The number of imide groups is 1. The first-order valence-electron chi connectivity index (χ1n) is 5.92. The first kappa shape index (κ1) is 15.9. The highest BCUT2D eigenvalue weighted by Gasteiger charge is 2.09. The first-order chi connectivity index (χ1) is 7.95. The highest BCUT2D eigenvalue weighted by Crippen LogP contribution is 1.95. The van der Waals surface area contributed by atoms with Gasteiger partial charge in [-0.05, 0) is 19.4 Å². The predicted octanol–water partition coefficient (Wildman–Crippen LogP) is -0.251. The summed E-state index contributed by atoms with van der Waals surface area (Å²) in [5.41, 5.74) is 5.35.